The summed E-state index contributed by atoms with van der Waals surface area (Å²) >= 11 is 0. The van der Waals surface area contributed by atoms with E-state index in [4.69, 9.17) is 0 Å². The molecular weight excluding hydrogens is 423 g/mol. The maximum Gasteiger partial charge on any atom is 0.573 e. The lowest BCUT2D eigenvalue weighted by molar-refractivity contribution is -0.274. The molecule has 1 N–H and O–H groups in total. The second-order valence-electron chi connectivity index (χ2n) is 7.76. The van der Waals surface area contributed by atoms with Crippen LogP contribution in [0.3, 0.4) is 0 Å². The van der Waals surface area contributed by atoms with E-state index < -0.39 is 12.4 Å². The van der Waals surface area contributed by atoms with Gasteiger partial charge in [0.2, 0.25) is 11.8 Å². The van der Waals surface area contributed by atoms with Gasteiger partial charge in [-0.15, -0.1) is 13.2 Å². The van der Waals surface area contributed by atoms with Crippen LogP contribution in [0.4, 0.5) is 18.9 Å². The molecular formula is C23H26F3N3O3. The molecule has 2 amide bonds. The first-order chi connectivity index (χ1) is 15.1. The molecule has 0 spiro atoms. The number of piperazine rings is 1. The Balaban J connectivity index is 1.48. The molecule has 1 aliphatic rings. The summed E-state index contributed by atoms with van der Waals surface area (Å²) in [5, 5.41) is 2.70. The van der Waals surface area contributed by atoms with E-state index in [2.05, 4.69) is 10.1 Å². The van der Waals surface area contributed by atoms with Gasteiger partial charge in [-0.05, 0) is 49.2 Å². The number of alkyl halides is 3. The smallest absolute Gasteiger partial charge is 0.406 e. The van der Waals surface area contributed by atoms with Gasteiger partial charge >= 0.3 is 6.36 Å². The Morgan fingerprint density at radius 1 is 1.03 bits per heavy atom. The molecule has 6 nitrogen and oxygen atoms in total. The molecule has 1 fully saturated rings. The van der Waals surface area contributed by atoms with E-state index in [1.807, 2.05) is 41.0 Å². The van der Waals surface area contributed by atoms with Gasteiger partial charge in [0, 0.05) is 31.9 Å². The van der Waals surface area contributed by atoms with Crippen molar-refractivity contribution in [3.05, 3.63) is 59.7 Å². The number of nitrogens with one attached hydrogen (secondary N) is 1. The van der Waals surface area contributed by atoms with E-state index in [-0.39, 0.29) is 17.6 Å². The Kier molecular flexibility index (Phi) is 7.40. The van der Waals surface area contributed by atoms with Gasteiger partial charge in [-0.2, -0.15) is 0 Å². The van der Waals surface area contributed by atoms with Crippen LogP contribution in [0, 0.1) is 6.92 Å². The number of anilines is 1. The molecule has 1 atom stereocenters. The fourth-order valence-electron chi connectivity index (χ4n) is 3.59. The molecule has 3 rings (SSSR count). The highest BCUT2D eigenvalue weighted by Gasteiger charge is 2.31. The van der Waals surface area contributed by atoms with Gasteiger partial charge in [0.05, 0.1) is 12.5 Å². The Hall–Kier alpha value is -3.07. The summed E-state index contributed by atoms with van der Waals surface area (Å²) in [6.45, 7) is 5.94. The average molecular weight is 449 g/mol. The van der Waals surface area contributed by atoms with Gasteiger partial charge in [0.15, 0.2) is 0 Å². The predicted molar refractivity (Wildman–Crippen MR) is 114 cm³/mol. The van der Waals surface area contributed by atoms with Crippen molar-refractivity contribution in [3.63, 3.8) is 0 Å². The van der Waals surface area contributed by atoms with Crippen molar-refractivity contribution in [1.29, 1.82) is 0 Å². The second kappa shape index (κ2) is 10.0. The number of benzene rings is 2. The summed E-state index contributed by atoms with van der Waals surface area (Å²) in [5.74, 6) is -0.554. The number of aryl methyl sites for hydroxylation is 1. The third-order valence-electron chi connectivity index (χ3n) is 5.55. The summed E-state index contributed by atoms with van der Waals surface area (Å²) in [5.41, 5.74) is 2.48. The number of ether oxygens (including phenoxy) is 1. The van der Waals surface area contributed by atoms with E-state index in [0.717, 1.165) is 23.3 Å². The molecule has 1 heterocycles. The zero-order valence-corrected chi connectivity index (χ0v) is 18.0. The maximum absolute atomic E-state index is 12.6. The van der Waals surface area contributed by atoms with Gasteiger partial charge in [-0.25, -0.2) is 0 Å². The molecule has 9 heteroatoms. The quantitative estimate of drug-likeness (QED) is 0.732. The number of hydrogen-bond acceptors (Lipinski definition) is 4. The molecule has 0 bridgehead atoms. The number of hydrogen-bond donors (Lipinski definition) is 1. The largest absolute Gasteiger partial charge is 0.573 e. The van der Waals surface area contributed by atoms with E-state index in [1.165, 1.54) is 12.1 Å². The summed E-state index contributed by atoms with van der Waals surface area (Å²) in [6.07, 6.45) is -4.40. The second-order valence-corrected chi connectivity index (χ2v) is 7.76. The Morgan fingerprint density at radius 2 is 1.66 bits per heavy atom. The molecule has 1 unspecified atom stereocenters. The topological polar surface area (TPSA) is 61.9 Å². The van der Waals surface area contributed by atoms with E-state index in [9.17, 15) is 22.8 Å². The van der Waals surface area contributed by atoms with Crippen molar-refractivity contribution in [2.75, 3.05) is 31.5 Å². The lowest BCUT2D eigenvalue weighted by atomic mass is 10.0. The van der Waals surface area contributed by atoms with Crippen LogP contribution in [0.15, 0.2) is 48.5 Å². The van der Waals surface area contributed by atoms with Crippen LogP contribution < -0.4 is 10.1 Å². The Bertz CT molecular complexity index is 939. The van der Waals surface area contributed by atoms with Gasteiger partial charge in [-0.3, -0.25) is 14.5 Å². The minimum absolute atomic E-state index is 0.0669. The van der Waals surface area contributed by atoms with Crippen LogP contribution in [-0.2, 0) is 16.0 Å². The zero-order chi connectivity index (χ0) is 23.3. The third kappa shape index (κ3) is 6.46. The van der Waals surface area contributed by atoms with E-state index >= 15 is 0 Å². The maximum atomic E-state index is 12.6. The van der Waals surface area contributed by atoms with Crippen molar-refractivity contribution in [2.45, 2.75) is 32.7 Å². The lowest BCUT2D eigenvalue weighted by Gasteiger charge is -2.37. The van der Waals surface area contributed by atoms with E-state index in [0.29, 0.717) is 38.3 Å². The van der Waals surface area contributed by atoms with Crippen molar-refractivity contribution in [2.24, 2.45) is 0 Å². The van der Waals surface area contributed by atoms with Crippen LogP contribution in [0.1, 0.15) is 18.1 Å². The third-order valence-corrected chi connectivity index (χ3v) is 5.55. The minimum atomic E-state index is -4.76. The van der Waals surface area contributed by atoms with Crippen LogP contribution in [0.25, 0.3) is 0 Å². The summed E-state index contributed by atoms with van der Waals surface area (Å²) in [7, 11) is 0. The van der Waals surface area contributed by atoms with Crippen LogP contribution in [0.5, 0.6) is 5.75 Å². The van der Waals surface area contributed by atoms with Gasteiger partial charge in [-0.1, -0.05) is 24.3 Å². The number of halogens is 3. The highest BCUT2D eigenvalue weighted by atomic mass is 19.4. The van der Waals surface area contributed by atoms with Crippen LogP contribution in [0.2, 0.25) is 0 Å². The first-order valence-corrected chi connectivity index (χ1v) is 10.4. The lowest BCUT2D eigenvalue weighted by Crippen LogP contribution is -2.54. The number of carbonyl (C=O) groups excluding carboxylic acids is 2. The minimum Gasteiger partial charge on any atom is -0.406 e. The molecule has 1 saturated heterocycles. The highest BCUT2D eigenvalue weighted by Crippen LogP contribution is 2.24. The van der Waals surface area contributed by atoms with Crippen LogP contribution >= 0.6 is 0 Å². The monoisotopic (exact) mass is 449 g/mol. The van der Waals surface area contributed by atoms with Crippen molar-refractivity contribution in [3.8, 4) is 5.75 Å². The molecule has 1 aliphatic heterocycles. The van der Waals surface area contributed by atoms with Gasteiger partial charge in [0.25, 0.3) is 0 Å². The predicted octanol–water partition coefficient (Wildman–Crippen LogP) is 3.61. The molecule has 0 radical (unpaired) electrons. The fourth-order valence-corrected chi connectivity index (χ4v) is 3.59. The zero-order valence-electron chi connectivity index (χ0n) is 18.0. The highest BCUT2D eigenvalue weighted by molar-refractivity contribution is 5.94. The Morgan fingerprint density at radius 3 is 2.25 bits per heavy atom. The number of nitrogens with zero attached hydrogens (tertiary/aromatic N) is 2. The molecule has 0 aliphatic carbocycles. The SMILES string of the molecule is Cc1ccccc1CC(=O)N1CCN(C(C)C(=O)Nc2ccc(OC(F)(F)F)cc2)CC1. The molecule has 32 heavy (non-hydrogen) atoms. The first kappa shape index (κ1) is 23.6. The normalized spacial score (nSPS) is 15.8. The van der Waals surface area contributed by atoms with Crippen LogP contribution in [-0.4, -0.2) is 60.2 Å². The van der Waals surface area contributed by atoms with Gasteiger partial charge in [0.1, 0.15) is 5.75 Å². The van der Waals surface area contributed by atoms with Crippen molar-refractivity contribution in [1.82, 2.24) is 9.80 Å². The first-order valence-electron chi connectivity index (χ1n) is 10.4. The standard InChI is InChI=1S/C23H26F3N3O3/c1-16-5-3-4-6-18(16)15-21(30)29-13-11-28(12-14-29)17(2)22(31)27-19-7-9-20(10-8-19)32-23(24,25)26/h3-10,17H,11-15H2,1-2H3,(H,27,31). The summed E-state index contributed by atoms with van der Waals surface area (Å²) in [4.78, 5) is 29.0. The fraction of sp³-hybridized carbons (Fsp3) is 0.391. The van der Waals surface area contributed by atoms with Crippen molar-refractivity contribution < 1.29 is 27.5 Å². The number of carbonyl (C=O) groups is 2. The van der Waals surface area contributed by atoms with E-state index in [1.54, 1.807) is 6.92 Å². The average Bonchev–Trinajstić information content (AvgIpc) is 2.75. The molecule has 2 aromatic carbocycles. The number of amides is 2. The summed E-state index contributed by atoms with van der Waals surface area (Å²) < 4.78 is 40.6. The Labute approximate surface area is 184 Å². The summed E-state index contributed by atoms with van der Waals surface area (Å²) in [6, 6.07) is 12.4. The molecule has 0 aromatic heterocycles. The number of rotatable bonds is 6. The van der Waals surface area contributed by atoms with Crippen molar-refractivity contribution >= 4 is 17.5 Å². The molecule has 0 saturated carbocycles. The van der Waals surface area contributed by atoms with Gasteiger partial charge < -0.3 is 15.0 Å². The molecule has 2 aromatic rings. The molecule has 172 valence electrons.